The minimum atomic E-state index is -0.123. The first-order chi connectivity index (χ1) is 19.9. The largest absolute Gasteiger partial charge is 0.334 e. The van der Waals surface area contributed by atoms with Gasteiger partial charge in [-0.25, -0.2) is 0 Å². The van der Waals surface area contributed by atoms with Gasteiger partial charge in [0.25, 0.3) is 0 Å². The average Bonchev–Trinajstić information content (AvgIpc) is 3.43. The highest BCUT2D eigenvalue weighted by atomic mass is 35.5. The zero-order valence-electron chi connectivity index (χ0n) is 24.0. The van der Waals surface area contributed by atoms with E-state index in [0.29, 0.717) is 16.1 Å². The lowest BCUT2D eigenvalue weighted by Gasteiger charge is -2.18. The molecule has 0 spiro atoms. The van der Waals surface area contributed by atoms with Crippen molar-refractivity contribution in [2.24, 2.45) is 4.99 Å². The van der Waals surface area contributed by atoms with Crippen LogP contribution in [0.25, 0.3) is 0 Å². The topological polar surface area (TPSA) is 79.3 Å². The predicted molar refractivity (Wildman–Crippen MR) is 179 cm³/mol. The quantitative estimate of drug-likeness (QED) is 0.191. The Morgan fingerprint density at radius 3 is 2.22 bits per heavy atom. The Bertz CT molecular complexity index is 1290. The van der Waals surface area contributed by atoms with Gasteiger partial charge in [-0.05, 0) is 53.6 Å². The Labute approximate surface area is 262 Å². The van der Waals surface area contributed by atoms with Gasteiger partial charge in [0, 0.05) is 35.1 Å². The van der Waals surface area contributed by atoms with Crippen molar-refractivity contribution >= 4 is 62.5 Å². The van der Waals surface area contributed by atoms with E-state index >= 15 is 0 Å². The van der Waals surface area contributed by atoms with Crippen molar-refractivity contribution in [3.05, 3.63) is 99.0 Å². The predicted octanol–water partition coefficient (Wildman–Crippen LogP) is 9.29. The number of thioether (sulfide) groups is 1. The molecule has 1 amide bonds. The van der Waals surface area contributed by atoms with Gasteiger partial charge in [-0.1, -0.05) is 117 Å². The maximum atomic E-state index is 11.7. The molecule has 1 aliphatic rings. The van der Waals surface area contributed by atoms with E-state index in [-0.39, 0.29) is 12.3 Å². The number of nitrogens with zero attached hydrogens (tertiary/aromatic N) is 3. The van der Waals surface area contributed by atoms with Crippen LogP contribution < -0.4 is 10.6 Å². The fraction of sp³-hybridized carbons (Fsp3) is 0.355. The summed E-state index contributed by atoms with van der Waals surface area (Å²) in [7, 11) is 1.62. The first-order valence-corrected chi connectivity index (χ1v) is 16.1. The van der Waals surface area contributed by atoms with E-state index in [1.54, 1.807) is 35.9 Å². The number of rotatable bonds is 8. The minimum Gasteiger partial charge on any atom is -0.334 e. The number of amidine groups is 1. The van der Waals surface area contributed by atoms with Crippen LogP contribution in [0.2, 0.25) is 10.0 Å². The normalized spacial score (nSPS) is 13.1. The standard InChI is InChI=1S/C17H20ClN3S.C12H13ClN2OS.C2H6/c1-12(10-13-6-5-9-15(18)11-13)19-17-21-20-16(22-17)14-7-3-2-4-8-14;1-3-17-12(14-2)15-11(16)8-9-5-4-6-10(13)7-9;1-2/h5-6,9,11,14H,1-4,7-8,10H2,(H,19,21);3-7H,1,8H2,2H3,(H,14,15,16);1-2H3. The van der Waals surface area contributed by atoms with Crippen LogP contribution in [-0.4, -0.2) is 28.3 Å². The summed E-state index contributed by atoms with van der Waals surface area (Å²) in [6, 6.07) is 15.1. The molecule has 10 heteroatoms. The number of aromatic nitrogens is 2. The number of benzene rings is 2. The number of halogens is 2. The molecule has 0 radical (unpaired) electrons. The van der Waals surface area contributed by atoms with E-state index in [0.717, 1.165) is 38.4 Å². The summed E-state index contributed by atoms with van der Waals surface area (Å²) in [5.41, 5.74) is 2.92. The van der Waals surface area contributed by atoms with Crippen LogP contribution in [0.3, 0.4) is 0 Å². The Morgan fingerprint density at radius 2 is 1.66 bits per heavy atom. The molecule has 1 aliphatic carbocycles. The molecule has 0 atom stereocenters. The van der Waals surface area contributed by atoms with Crippen molar-refractivity contribution in [3.8, 4) is 0 Å². The van der Waals surface area contributed by atoms with Crippen molar-refractivity contribution in [1.82, 2.24) is 15.5 Å². The molecule has 220 valence electrons. The number of amides is 1. The zero-order valence-corrected chi connectivity index (χ0v) is 27.1. The molecule has 0 bridgehead atoms. The van der Waals surface area contributed by atoms with Gasteiger partial charge in [-0.2, -0.15) is 0 Å². The first-order valence-electron chi connectivity index (χ1n) is 13.7. The molecule has 41 heavy (non-hydrogen) atoms. The van der Waals surface area contributed by atoms with Gasteiger partial charge in [0.1, 0.15) is 5.01 Å². The second-order valence-electron chi connectivity index (χ2n) is 8.98. The van der Waals surface area contributed by atoms with Crippen LogP contribution in [0.15, 0.2) is 77.8 Å². The fourth-order valence-corrected chi connectivity index (χ4v) is 5.92. The molecule has 6 nitrogen and oxygen atoms in total. The third-order valence-electron chi connectivity index (χ3n) is 5.88. The summed E-state index contributed by atoms with van der Waals surface area (Å²) in [6.07, 6.45) is 7.49. The van der Waals surface area contributed by atoms with Crippen LogP contribution in [0, 0.1) is 0 Å². The summed E-state index contributed by atoms with van der Waals surface area (Å²) < 4.78 is 0. The van der Waals surface area contributed by atoms with E-state index in [1.165, 1.54) is 43.9 Å². The highest BCUT2D eigenvalue weighted by Crippen LogP contribution is 2.35. The molecule has 3 aromatic rings. The summed E-state index contributed by atoms with van der Waals surface area (Å²) in [5.74, 6) is 0.477. The molecule has 0 aliphatic heterocycles. The molecule has 1 fully saturated rings. The average molecular weight is 633 g/mol. The highest BCUT2D eigenvalue weighted by Gasteiger charge is 2.19. The van der Waals surface area contributed by atoms with Crippen molar-refractivity contribution in [2.45, 2.75) is 64.7 Å². The minimum absolute atomic E-state index is 0.123. The smallest absolute Gasteiger partial charge is 0.230 e. The zero-order chi connectivity index (χ0) is 30.0. The Morgan fingerprint density at radius 1 is 1.05 bits per heavy atom. The van der Waals surface area contributed by atoms with E-state index in [1.807, 2.05) is 50.2 Å². The molecule has 4 rings (SSSR count). The molecular formula is C31H39Cl2N5OS2. The number of carbonyl (C=O) groups is 1. The van der Waals surface area contributed by atoms with Gasteiger partial charge in [-0.15, -0.1) is 10.2 Å². The molecule has 1 saturated carbocycles. The van der Waals surface area contributed by atoms with Crippen molar-refractivity contribution in [2.75, 3.05) is 12.4 Å². The van der Waals surface area contributed by atoms with Crippen LogP contribution in [0.5, 0.6) is 0 Å². The van der Waals surface area contributed by atoms with Crippen molar-refractivity contribution in [1.29, 1.82) is 0 Å². The van der Waals surface area contributed by atoms with E-state index in [2.05, 4.69) is 39.0 Å². The number of hydrogen-bond acceptors (Lipinski definition) is 7. The van der Waals surface area contributed by atoms with Gasteiger partial charge >= 0.3 is 0 Å². The molecular weight excluding hydrogens is 593 g/mol. The number of nitrogens with one attached hydrogen (secondary N) is 2. The van der Waals surface area contributed by atoms with Crippen molar-refractivity contribution in [3.63, 3.8) is 0 Å². The fourth-order valence-electron chi connectivity index (χ4n) is 4.10. The Hall–Kier alpha value is -2.65. The summed E-state index contributed by atoms with van der Waals surface area (Å²) in [5, 5.41) is 20.1. The lowest BCUT2D eigenvalue weighted by molar-refractivity contribution is -0.119. The van der Waals surface area contributed by atoms with Gasteiger partial charge in [0.05, 0.1) is 6.42 Å². The summed E-state index contributed by atoms with van der Waals surface area (Å²) in [4.78, 5) is 15.6. The highest BCUT2D eigenvalue weighted by molar-refractivity contribution is 8.16. The second-order valence-corrected chi connectivity index (χ2v) is 11.8. The maximum absolute atomic E-state index is 11.7. The lowest BCUT2D eigenvalue weighted by atomic mass is 9.90. The van der Waals surface area contributed by atoms with Crippen LogP contribution in [-0.2, 0) is 17.6 Å². The Kier molecular flexibility index (Phi) is 16.4. The molecule has 1 heterocycles. The Balaban J connectivity index is 0.000000280. The monoisotopic (exact) mass is 631 g/mol. The molecule has 2 aromatic carbocycles. The first kappa shape index (κ1) is 34.6. The van der Waals surface area contributed by atoms with Gasteiger partial charge in [-0.3, -0.25) is 9.79 Å². The SMILES string of the molecule is C=C(Cc1cccc(Cl)c1)Nc1nnc(C2CCCCC2)s1.C=CSC(=NC)NC(=O)Cc1cccc(Cl)c1.CC. The number of carbonyl (C=O) groups excluding carboxylic acids is 1. The molecule has 0 saturated heterocycles. The van der Waals surface area contributed by atoms with Crippen LogP contribution in [0.1, 0.15) is 68.0 Å². The van der Waals surface area contributed by atoms with E-state index < -0.39 is 0 Å². The number of allylic oxidation sites excluding steroid dienone is 1. The second kappa shape index (κ2) is 19.5. The third-order valence-corrected chi connectivity index (χ3v) is 8.03. The van der Waals surface area contributed by atoms with E-state index in [9.17, 15) is 4.79 Å². The van der Waals surface area contributed by atoms with Crippen molar-refractivity contribution < 1.29 is 4.79 Å². The van der Waals surface area contributed by atoms with Crippen LogP contribution in [0.4, 0.5) is 5.13 Å². The summed E-state index contributed by atoms with van der Waals surface area (Å²) >= 11 is 14.8. The van der Waals surface area contributed by atoms with Gasteiger partial charge in [0.15, 0.2) is 5.17 Å². The molecule has 0 unspecified atom stereocenters. The lowest BCUT2D eigenvalue weighted by Crippen LogP contribution is -2.29. The van der Waals surface area contributed by atoms with E-state index in [4.69, 9.17) is 23.2 Å². The van der Waals surface area contributed by atoms with Crippen LogP contribution >= 0.6 is 46.3 Å². The molecule has 1 aromatic heterocycles. The van der Waals surface area contributed by atoms with Gasteiger partial charge < -0.3 is 10.6 Å². The molecule has 2 N–H and O–H groups in total. The maximum Gasteiger partial charge on any atom is 0.230 e. The number of anilines is 1. The van der Waals surface area contributed by atoms with Gasteiger partial charge in [0.2, 0.25) is 11.0 Å². The number of aliphatic imine (C=N–C) groups is 1. The summed E-state index contributed by atoms with van der Waals surface area (Å²) in [6.45, 7) is 11.6. The third kappa shape index (κ3) is 13.3. The number of hydrogen-bond donors (Lipinski definition) is 2.